The first-order valence-electron chi connectivity index (χ1n) is 17.1. The highest BCUT2D eigenvalue weighted by molar-refractivity contribution is 5.97. The zero-order valence-electron chi connectivity index (χ0n) is 28.9. The van der Waals surface area contributed by atoms with Crippen LogP contribution >= 0.6 is 0 Å². The molecule has 1 fully saturated rings. The summed E-state index contributed by atoms with van der Waals surface area (Å²) in [5.74, 6) is -1.21. The van der Waals surface area contributed by atoms with Crippen molar-refractivity contribution in [3.8, 4) is 11.5 Å². The molecule has 1 unspecified atom stereocenters. The summed E-state index contributed by atoms with van der Waals surface area (Å²) in [6, 6.07) is 24.2. The fourth-order valence-corrected chi connectivity index (χ4v) is 6.67. The number of likely N-dealkylation sites (N-methyl/N-ethyl adjacent to an activating group) is 1. The highest BCUT2D eigenvalue weighted by Gasteiger charge is 2.34. The second-order valence-corrected chi connectivity index (χ2v) is 13.0. The smallest absolute Gasteiger partial charge is 0.497 e. The third-order valence-electron chi connectivity index (χ3n) is 9.45. The number of anilines is 1. The van der Waals surface area contributed by atoms with Crippen LogP contribution in [-0.2, 0) is 6.54 Å². The molecular formula is C39H40F5N5O3. The van der Waals surface area contributed by atoms with Gasteiger partial charge in [-0.1, -0.05) is 36.4 Å². The molecule has 8 nitrogen and oxygen atoms in total. The molecule has 1 aliphatic rings. The first-order chi connectivity index (χ1) is 25.0. The van der Waals surface area contributed by atoms with Crippen molar-refractivity contribution in [2.75, 3.05) is 45.7 Å². The summed E-state index contributed by atoms with van der Waals surface area (Å²) in [7, 11) is 2.88. The summed E-state index contributed by atoms with van der Waals surface area (Å²) in [5.41, 5.74) is 3.35. The minimum atomic E-state index is -4.99. The van der Waals surface area contributed by atoms with Crippen LogP contribution in [0.3, 0.4) is 0 Å². The molecule has 0 bridgehead atoms. The number of carbonyl (C=O) groups is 1. The maximum Gasteiger partial charge on any atom is 0.573 e. The number of para-hydroxylation sites is 2. The van der Waals surface area contributed by atoms with E-state index in [1.165, 1.54) is 55.5 Å². The zero-order chi connectivity index (χ0) is 36.8. The van der Waals surface area contributed by atoms with Gasteiger partial charge in [0.05, 0.1) is 30.3 Å². The quantitative estimate of drug-likeness (QED) is 0.124. The standard InChI is InChI=1S/C39H40F5N5O3/c1-47(37(50)33-23-32(51-2)15-16-36(33)52-39(42,43)44)25-28(27-9-13-30(41)14-10-27)17-20-48-21-18-31(19-22-48)45-38-46-34-5-3-4-6-35(34)49(38)24-26-7-11-29(40)12-8-26/h3-16,23,28,31H,17-22,24-25H2,1-2H3,(H,45,46). The van der Waals surface area contributed by atoms with Gasteiger partial charge in [-0.25, -0.2) is 13.8 Å². The Balaban J connectivity index is 1.10. The fraction of sp³-hybridized carbons (Fsp3) is 0.333. The Hall–Kier alpha value is -5.17. The van der Waals surface area contributed by atoms with E-state index in [0.717, 1.165) is 60.1 Å². The zero-order valence-corrected chi connectivity index (χ0v) is 28.9. The Kier molecular flexibility index (Phi) is 11.3. The molecule has 0 radical (unpaired) electrons. The van der Waals surface area contributed by atoms with E-state index in [4.69, 9.17) is 9.72 Å². The number of piperidine rings is 1. The van der Waals surface area contributed by atoms with Crippen molar-refractivity contribution in [1.82, 2.24) is 19.4 Å². The normalized spacial score (nSPS) is 14.7. The van der Waals surface area contributed by atoms with Crippen LogP contribution in [0.15, 0.2) is 91.0 Å². The molecule has 5 aromatic rings. The summed E-state index contributed by atoms with van der Waals surface area (Å²) in [4.78, 5) is 22.1. The number of fused-ring (bicyclic) bond motifs is 1. The Bertz CT molecular complexity index is 1960. The van der Waals surface area contributed by atoms with Crippen molar-refractivity contribution in [1.29, 1.82) is 0 Å². The minimum Gasteiger partial charge on any atom is -0.497 e. The van der Waals surface area contributed by atoms with Crippen LogP contribution in [0.25, 0.3) is 11.0 Å². The number of ether oxygens (including phenoxy) is 2. The minimum absolute atomic E-state index is 0.174. The Morgan fingerprint density at radius 1 is 0.962 bits per heavy atom. The van der Waals surface area contributed by atoms with E-state index in [-0.39, 0.29) is 35.6 Å². The number of amides is 1. The lowest BCUT2D eigenvalue weighted by atomic mass is 9.94. The van der Waals surface area contributed by atoms with Gasteiger partial charge < -0.3 is 29.2 Å². The summed E-state index contributed by atoms with van der Waals surface area (Å²) in [5, 5.41) is 3.65. The number of likely N-dealkylation sites (tertiary alicyclic amines) is 1. The molecule has 0 spiro atoms. The van der Waals surface area contributed by atoms with Gasteiger partial charge >= 0.3 is 6.36 Å². The number of alkyl halides is 3. The lowest BCUT2D eigenvalue weighted by Crippen LogP contribution is -2.40. The summed E-state index contributed by atoms with van der Waals surface area (Å²) >= 11 is 0. The summed E-state index contributed by atoms with van der Waals surface area (Å²) < 4.78 is 78.4. The average Bonchev–Trinajstić information content (AvgIpc) is 3.47. The molecule has 2 heterocycles. The van der Waals surface area contributed by atoms with E-state index in [9.17, 15) is 26.7 Å². The number of nitrogens with zero attached hydrogens (tertiary/aromatic N) is 4. The number of imidazole rings is 1. The maximum absolute atomic E-state index is 13.9. The first kappa shape index (κ1) is 36.6. The second-order valence-electron chi connectivity index (χ2n) is 13.0. The molecule has 0 saturated carbocycles. The van der Waals surface area contributed by atoms with Crippen LogP contribution < -0.4 is 14.8 Å². The average molecular weight is 722 g/mol. The Labute approximate surface area is 298 Å². The van der Waals surface area contributed by atoms with Crippen molar-refractivity contribution in [2.24, 2.45) is 0 Å². The number of benzene rings is 4. The van der Waals surface area contributed by atoms with Crippen molar-refractivity contribution >= 4 is 22.9 Å². The molecule has 1 N–H and O–H groups in total. The Morgan fingerprint density at radius 3 is 2.31 bits per heavy atom. The lowest BCUT2D eigenvalue weighted by Gasteiger charge is -2.34. The largest absolute Gasteiger partial charge is 0.573 e. The van der Waals surface area contributed by atoms with Gasteiger partial charge in [0, 0.05) is 38.6 Å². The molecule has 1 saturated heterocycles. The van der Waals surface area contributed by atoms with E-state index in [2.05, 4.69) is 19.5 Å². The number of methoxy groups -OCH3 is 1. The highest BCUT2D eigenvalue weighted by Crippen LogP contribution is 2.32. The molecule has 0 aliphatic carbocycles. The van der Waals surface area contributed by atoms with Gasteiger partial charge in [-0.15, -0.1) is 13.2 Å². The molecule has 52 heavy (non-hydrogen) atoms. The Morgan fingerprint density at radius 2 is 1.63 bits per heavy atom. The SMILES string of the molecule is COc1ccc(OC(F)(F)F)c(C(=O)N(C)CC(CCN2CCC(Nc3nc4ccccc4n3Cc3ccc(F)cc3)CC2)c2ccc(F)cc2)c1. The van der Waals surface area contributed by atoms with Crippen molar-refractivity contribution in [2.45, 2.75) is 44.1 Å². The van der Waals surface area contributed by atoms with Crippen LogP contribution in [0, 0.1) is 11.6 Å². The summed E-state index contributed by atoms with van der Waals surface area (Å²) in [6.45, 7) is 3.03. The lowest BCUT2D eigenvalue weighted by molar-refractivity contribution is -0.274. The maximum atomic E-state index is 13.9. The molecule has 1 amide bonds. The predicted octanol–water partition coefficient (Wildman–Crippen LogP) is 8.09. The first-order valence-corrected chi connectivity index (χ1v) is 17.1. The van der Waals surface area contributed by atoms with Crippen LogP contribution in [0.4, 0.5) is 27.9 Å². The highest BCUT2D eigenvalue weighted by atomic mass is 19.4. The van der Waals surface area contributed by atoms with Crippen molar-refractivity contribution in [3.05, 3.63) is 119 Å². The molecule has 13 heteroatoms. The van der Waals surface area contributed by atoms with E-state index in [0.29, 0.717) is 19.5 Å². The van der Waals surface area contributed by atoms with E-state index < -0.39 is 23.8 Å². The van der Waals surface area contributed by atoms with Crippen molar-refractivity contribution < 1.29 is 36.2 Å². The third-order valence-corrected chi connectivity index (χ3v) is 9.45. The van der Waals surface area contributed by atoms with Gasteiger partial charge in [0.1, 0.15) is 23.1 Å². The van der Waals surface area contributed by atoms with Gasteiger partial charge in [-0.2, -0.15) is 0 Å². The number of hydrogen-bond donors (Lipinski definition) is 1. The number of nitrogens with one attached hydrogen (secondary N) is 1. The van der Waals surface area contributed by atoms with Gasteiger partial charge in [0.15, 0.2) is 0 Å². The van der Waals surface area contributed by atoms with Gasteiger partial charge in [-0.05, 0) is 91.5 Å². The molecule has 1 aromatic heterocycles. The molecule has 1 atom stereocenters. The number of hydrogen-bond acceptors (Lipinski definition) is 6. The predicted molar refractivity (Wildman–Crippen MR) is 189 cm³/mol. The van der Waals surface area contributed by atoms with Crippen molar-refractivity contribution in [3.63, 3.8) is 0 Å². The summed E-state index contributed by atoms with van der Waals surface area (Å²) in [6.07, 6.45) is -2.64. The van der Waals surface area contributed by atoms with Crippen LogP contribution in [-0.4, -0.2) is 78.0 Å². The van der Waals surface area contributed by atoms with E-state index in [1.807, 2.05) is 24.3 Å². The molecular weight excluding hydrogens is 681 g/mol. The van der Waals surface area contributed by atoms with Crippen LogP contribution in [0.1, 0.15) is 46.7 Å². The monoisotopic (exact) mass is 721 g/mol. The number of aromatic nitrogens is 2. The van der Waals surface area contributed by atoms with Gasteiger partial charge in [-0.3, -0.25) is 4.79 Å². The van der Waals surface area contributed by atoms with Gasteiger partial charge in [0.2, 0.25) is 5.95 Å². The number of halogens is 5. The fourth-order valence-electron chi connectivity index (χ4n) is 6.67. The van der Waals surface area contributed by atoms with Gasteiger partial charge in [0.25, 0.3) is 5.91 Å². The van der Waals surface area contributed by atoms with Crippen LogP contribution in [0.5, 0.6) is 11.5 Å². The third kappa shape index (κ3) is 9.19. The molecule has 6 rings (SSSR count). The van der Waals surface area contributed by atoms with Crippen LogP contribution in [0.2, 0.25) is 0 Å². The van der Waals surface area contributed by atoms with E-state index >= 15 is 0 Å². The van der Waals surface area contributed by atoms with E-state index in [1.54, 1.807) is 24.3 Å². The number of carbonyl (C=O) groups excluding carboxylic acids is 1. The molecule has 1 aliphatic heterocycles. The molecule has 4 aromatic carbocycles. The second kappa shape index (κ2) is 16.0. The number of rotatable bonds is 13. The topological polar surface area (TPSA) is 71.9 Å². The molecule has 274 valence electrons.